The summed E-state index contributed by atoms with van der Waals surface area (Å²) < 4.78 is 5.06. The van der Waals surface area contributed by atoms with E-state index >= 15 is 0 Å². The number of aryl methyl sites for hydroxylation is 2. The van der Waals surface area contributed by atoms with Crippen LogP contribution in [0.15, 0.2) is 30.3 Å². The van der Waals surface area contributed by atoms with Crippen molar-refractivity contribution in [1.82, 2.24) is 0 Å². The minimum atomic E-state index is -0.444. The molecule has 0 aliphatic heterocycles. The van der Waals surface area contributed by atoms with E-state index in [4.69, 9.17) is 16.3 Å². The Kier molecular flexibility index (Phi) is 4.45. The second kappa shape index (κ2) is 6.50. The van der Waals surface area contributed by atoms with Crippen LogP contribution in [-0.4, -0.2) is 18.5 Å². The predicted octanol–water partition coefficient (Wildman–Crippen LogP) is 3.69. The first kappa shape index (κ1) is 15.1. The molecule has 1 N–H and O–H groups in total. The molecule has 0 fully saturated rings. The Hall–Kier alpha value is -1.85. The van der Waals surface area contributed by atoms with Crippen LogP contribution in [0.4, 0.5) is 5.69 Å². The van der Waals surface area contributed by atoms with Crippen molar-refractivity contribution in [2.24, 2.45) is 0 Å². The van der Waals surface area contributed by atoms with E-state index < -0.39 is 5.97 Å². The topological polar surface area (TPSA) is 55.4 Å². The molecule has 1 aromatic heterocycles. The van der Waals surface area contributed by atoms with Crippen LogP contribution >= 0.6 is 22.9 Å². The van der Waals surface area contributed by atoms with Gasteiger partial charge < -0.3 is 10.1 Å². The highest BCUT2D eigenvalue weighted by Crippen LogP contribution is 2.30. The first-order valence-electron chi connectivity index (χ1n) is 6.96. The molecule has 22 heavy (non-hydrogen) atoms. The van der Waals surface area contributed by atoms with Crippen molar-refractivity contribution in [2.45, 2.75) is 19.3 Å². The van der Waals surface area contributed by atoms with Crippen LogP contribution < -0.4 is 5.32 Å². The maximum absolute atomic E-state index is 11.9. The lowest BCUT2D eigenvalue weighted by atomic mass is 10.2. The average Bonchev–Trinajstić information content (AvgIpc) is 3.06. The summed E-state index contributed by atoms with van der Waals surface area (Å²) in [6, 6.07) is 8.68. The Morgan fingerprint density at radius 1 is 1.27 bits per heavy atom. The Morgan fingerprint density at radius 3 is 2.91 bits per heavy atom. The van der Waals surface area contributed by atoms with Gasteiger partial charge in [0.25, 0.3) is 5.91 Å². The minimum absolute atomic E-state index is 0.312. The molecule has 4 nitrogen and oxygen atoms in total. The molecule has 3 rings (SSSR count). The molecule has 0 bridgehead atoms. The number of esters is 1. The van der Waals surface area contributed by atoms with Crippen molar-refractivity contribution in [3.8, 4) is 0 Å². The molecule has 0 saturated heterocycles. The number of benzene rings is 1. The predicted molar refractivity (Wildman–Crippen MR) is 86.7 cm³/mol. The fourth-order valence-electron chi connectivity index (χ4n) is 2.40. The number of hydrogen-bond donors (Lipinski definition) is 1. The first-order valence-corrected chi connectivity index (χ1v) is 8.15. The van der Waals surface area contributed by atoms with Gasteiger partial charge in [-0.05, 0) is 49.1 Å². The van der Waals surface area contributed by atoms with Gasteiger partial charge in [0.15, 0.2) is 6.61 Å². The fraction of sp³-hybridized carbons (Fsp3) is 0.250. The number of hydrogen-bond acceptors (Lipinski definition) is 4. The van der Waals surface area contributed by atoms with Gasteiger partial charge in [-0.1, -0.05) is 17.7 Å². The van der Waals surface area contributed by atoms with Gasteiger partial charge in [0.1, 0.15) is 4.88 Å². The number of halogens is 1. The van der Waals surface area contributed by atoms with Crippen molar-refractivity contribution in [3.63, 3.8) is 0 Å². The number of anilines is 1. The van der Waals surface area contributed by atoms with Crippen LogP contribution in [-0.2, 0) is 22.4 Å². The molecule has 6 heteroatoms. The molecule has 1 aliphatic rings. The molecular weight excluding hydrogens is 322 g/mol. The lowest BCUT2D eigenvalue weighted by Gasteiger charge is -2.06. The third kappa shape index (κ3) is 3.48. The zero-order valence-corrected chi connectivity index (χ0v) is 13.3. The summed E-state index contributed by atoms with van der Waals surface area (Å²) in [7, 11) is 0. The second-order valence-electron chi connectivity index (χ2n) is 5.05. The monoisotopic (exact) mass is 335 g/mol. The van der Waals surface area contributed by atoms with Gasteiger partial charge >= 0.3 is 5.97 Å². The molecule has 0 atom stereocenters. The zero-order chi connectivity index (χ0) is 15.5. The van der Waals surface area contributed by atoms with Crippen molar-refractivity contribution in [2.75, 3.05) is 11.9 Å². The van der Waals surface area contributed by atoms with Gasteiger partial charge in [-0.25, -0.2) is 4.79 Å². The van der Waals surface area contributed by atoms with E-state index in [-0.39, 0.29) is 12.5 Å². The fourth-order valence-corrected chi connectivity index (χ4v) is 3.73. The molecule has 1 aliphatic carbocycles. The molecule has 1 heterocycles. The van der Waals surface area contributed by atoms with Gasteiger partial charge in [0.2, 0.25) is 0 Å². The number of ether oxygens (including phenoxy) is 1. The second-order valence-corrected chi connectivity index (χ2v) is 6.62. The third-order valence-corrected chi connectivity index (χ3v) is 4.84. The van der Waals surface area contributed by atoms with E-state index in [1.807, 2.05) is 6.07 Å². The summed E-state index contributed by atoms with van der Waals surface area (Å²) in [6.45, 7) is -0.312. The number of carbonyl (C=O) groups excluding carboxylic acids is 2. The van der Waals surface area contributed by atoms with Crippen molar-refractivity contribution >= 4 is 40.5 Å². The number of carbonyl (C=O) groups is 2. The Balaban J connectivity index is 1.53. The maximum atomic E-state index is 11.9. The molecular formula is C16H14ClNO3S. The van der Waals surface area contributed by atoms with E-state index in [2.05, 4.69) is 5.32 Å². The smallest absolute Gasteiger partial charge is 0.348 e. The normalized spacial score (nSPS) is 12.8. The summed E-state index contributed by atoms with van der Waals surface area (Å²) in [4.78, 5) is 25.5. The molecule has 114 valence electrons. The lowest BCUT2D eigenvalue weighted by Crippen LogP contribution is -2.20. The summed E-state index contributed by atoms with van der Waals surface area (Å²) in [5.41, 5.74) is 1.81. The van der Waals surface area contributed by atoms with Gasteiger partial charge in [-0.2, -0.15) is 0 Å². The third-order valence-electron chi connectivity index (χ3n) is 3.39. The van der Waals surface area contributed by atoms with Crippen LogP contribution in [0.2, 0.25) is 5.02 Å². The van der Waals surface area contributed by atoms with E-state index in [0.717, 1.165) is 19.3 Å². The maximum Gasteiger partial charge on any atom is 0.348 e. The van der Waals surface area contributed by atoms with Gasteiger partial charge in [-0.3, -0.25) is 4.79 Å². The SMILES string of the molecule is O=C(COC(=O)c1cc2c(s1)CCC2)Nc1cccc(Cl)c1. The van der Waals surface area contributed by atoms with E-state index in [0.29, 0.717) is 15.6 Å². The highest BCUT2D eigenvalue weighted by atomic mass is 35.5. The highest BCUT2D eigenvalue weighted by molar-refractivity contribution is 7.14. The Morgan fingerprint density at radius 2 is 2.14 bits per heavy atom. The zero-order valence-electron chi connectivity index (χ0n) is 11.7. The van der Waals surface area contributed by atoms with Crippen molar-refractivity contribution in [3.05, 3.63) is 50.7 Å². The summed E-state index contributed by atoms with van der Waals surface area (Å²) in [5, 5.41) is 3.16. The van der Waals surface area contributed by atoms with E-state index in [9.17, 15) is 9.59 Å². The average molecular weight is 336 g/mol. The van der Waals surface area contributed by atoms with Gasteiger partial charge in [0, 0.05) is 15.6 Å². The van der Waals surface area contributed by atoms with Crippen LogP contribution in [0.1, 0.15) is 26.5 Å². The van der Waals surface area contributed by atoms with Crippen molar-refractivity contribution in [1.29, 1.82) is 0 Å². The number of thiophene rings is 1. The number of nitrogens with one attached hydrogen (secondary N) is 1. The first-order chi connectivity index (χ1) is 10.6. The lowest BCUT2D eigenvalue weighted by molar-refractivity contribution is -0.119. The molecule has 2 aromatic rings. The van der Waals surface area contributed by atoms with Crippen LogP contribution in [0, 0.1) is 0 Å². The van der Waals surface area contributed by atoms with Crippen LogP contribution in [0.3, 0.4) is 0 Å². The molecule has 0 spiro atoms. The van der Waals surface area contributed by atoms with Crippen LogP contribution in [0.25, 0.3) is 0 Å². The minimum Gasteiger partial charge on any atom is -0.451 e. The van der Waals surface area contributed by atoms with Gasteiger partial charge in [-0.15, -0.1) is 11.3 Å². The largest absolute Gasteiger partial charge is 0.451 e. The standard InChI is InChI=1S/C16H14ClNO3S/c17-11-4-2-5-12(8-11)18-15(19)9-21-16(20)14-7-10-3-1-6-13(10)22-14/h2,4-5,7-8H,1,3,6,9H2,(H,18,19). The van der Waals surface area contributed by atoms with Crippen LogP contribution in [0.5, 0.6) is 0 Å². The summed E-state index contributed by atoms with van der Waals surface area (Å²) in [5.74, 6) is -0.833. The molecule has 1 amide bonds. The number of amides is 1. The quantitative estimate of drug-likeness (QED) is 0.867. The Bertz CT molecular complexity index is 704. The van der Waals surface area contributed by atoms with E-state index in [1.54, 1.807) is 24.3 Å². The number of rotatable bonds is 4. The van der Waals surface area contributed by atoms with Gasteiger partial charge in [0.05, 0.1) is 0 Å². The molecule has 0 unspecified atom stereocenters. The molecule has 0 saturated carbocycles. The summed E-state index contributed by atoms with van der Waals surface area (Å²) >= 11 is 7.30. The van der Waals surface area contributed by atoms with Crippen molar-refractivity contribution < 1.29 is 14.3 Å². The highest BCUT2D eigenvalue weighted by Gasteiger charge is 2.19. The molecule has 0 radical (unpaired) electrons. The summed E-state index contributed by atoms with van der Waals surface area (Å²) in [6.07, 6.45) is 3.20. The number of fused-ring (bicyclic) bond motifs is 1. The Labute approximate surface area is 137 Å². The van der Waals surface area contributed by atoms with E-state index in [1.165, 1.54) is 21.8 Å². The molecule has 1 aromatic carbocycles.